The minimum absolute atomic E-state index is 0.158. The van der Waals surface area contributed by atoms with Gasteiger partial charge in [0.2, 0.25) is 0 Å². The predicted octanol–water partition coefficient (Wildman–Crippen LogP) is 2.82. The highest BCUT2D eigenvalue weighted by Gasteiger charge is 2.36. The molecule has 4 nitrogen and oxygen atoms in total. The van der Waals surface area contributed by atoms with E-state index in [9.17, 15) is 0 Å². The van der Waals surface area contributed by atoms with E-state index < -0.39 is 0 Å². The molecule has 2 atom stereocenters. The van der Waals surface area contributed by atoms with Crippen LogP contribution in [0, 0.1) is 22.7 Å². The monoisotopic (exact) mass is 259 g/mol. The van der Waals surface area contributed by atoms with Gasteiger partial charge in [-0.2, -0.15) is 5.26 Å². The van der Waals surface area contributed by atoms with Crippen molar-refractivity contribution in [2.24, 2.45) is 11.3 Å². The first-order valence-corrected chi connectivity index (χ1v) is 6.73. The molecule has 2 rings (SSSR count). The van der Waals surface area contributed by atoms with Crippen LogP contribution in [-0.2, 0) is 4.74 Å². The molecule has 1 aliphatic rings. The number of ether oxygens (including phenoxy) is 1. The van der Waals surface area contributed by atoms with E-state index in [2.05, 4.69) is 37.1 Å². The molecule has 1 fully saturated rings. The molecular formula is C15H21N3O. The van der Waals surface area contributed by atoms with Crippen molar-refractivity contribution >= 4 is 5.82 Å². The minimum Gasteiger partial charge on any atom is -0.377 e. The largest absolute Gasteiger partial charge is 0.377 e. The van der Waals surface area contributed by atoms with Crippen LogP contribution >= 0.6 is 0 Å². The molecule has 19 heavy (non-hydrogen) atoms. The molecule has 2 unspecified atom stereocenters. The molecule has 2 heterocycles. The predicted molar refractivity (Wildman–Crippen MR) is 74.7 cm³/mol. The maximum Gasteiger partial charge on any atom is 0.142 e. The van der Waals surface area contributed by atoms with E-state index in [1.54, 1.807) is 6.07 Å². The fourth-order valence-electron chi connectivity index (χ4n) is 2.63. The Hall–Kier alpha value is -1.60. The van der Waals surface area contributed by atoms with E-state index in [0.29, 0.717) is 11.6 Å². The highest BCUT2D eigenvalue weighted by Crippen LogP contribution is 2.34. The van der Waals surface area contributed by atoms with Crippen molar-refractivity contribution < 1.29 is 4.74 Å². The molecule has 1 aromatic heterocycles. The van der Waals surface area contributed by atoms with Gasteiger partial charge in [-0.25, -0.2) is 4.98 Å². The first kappa shape index (κ1) is 13.8. The summed E-state index contributed by atoms with van der Waals surface area (Å²) in [5.41, 5.74) is 0.602. The maximum absolute atomic E-state index is 8.83. The SMILES string of the molecule is CC(C)(C)C1OCCC1CNc1cccc(C#N)n1. The molecule has 102 valence electrons. The Morgan fingerprint density at radius 1 is 1.47 bits per heavy atom. The van der Waals surface area contributed by atoms with E-state index in [1.807, 2.05) is 12.1 Å². The van der Waals surface area contributed by atoms with Gasteiger partial charge in [-0.3, -0.25) is 0 Å². The summed E-state index contributed by atoms with van der Waals surface area (Å²) < 4.78 is 5.85. The molecule has 1 N–H and O–H groups in total. The molecule has 0 spiro atoms. The average Bonchev–Trinajstić information content (AvgIpc) is 2.85. The van der Waals surface area contributed by atoms with Crippen molar-refractivity contribution in [3.63, 3.8) is 0 Å². The van der Waals surface area contributed by atoms with Crippen LogP contribution in [0.25, 0.3) is 0 Å². The van der Waals surface area contributed by atoms with Crippen molar-refractivity contribution in [3.8, 4) is 6.07 Å². The van der Waals surface area contributed by atoms with Gasteiger partial charge in [0, 0.05) is 19.1 Å². The summed E-state index contributed by atoms with van der Waals surface area (Å²) in [6.45, 7) is 8.31. The van der Waals surface area contributed by atoms with Gasteiger partial charge in [0.15, 0.2) is 0 Å². The maximum atomic E-state index is 8.83. The third-order valence-electron chi connectivity index (χ3n) is 3.48. The van der Waals surface area contributed by atoms with Crippen LogP contribution in [0.4, 0.5) is 5.82 Å². The Kier molecular flexibility index (Phi) is 4.06. The Morgan fingerprint density at radius 3 is 2.95 bits per heavy atom. The summed E-state index contributed by atoms with van der Waals surface area (Å²) in [6, 6.07) is 7.50. The number of nitrogens with one attached hydrogen (secondary N) is 1. The van der Waals surface area contributed by atoms with Gasteiger partial charge >= 0.3 is 0 Å². The molecule has 0 aromatic carbocycles. The number of nitriles is 1. The summed E-state index contributed by atoms with van der Waals surface area (Å²) in [5, 5.41) is 12.2. The molecule has 0 radical (unpaired) electrons. The average molecular weight is 259 g/mol. The Labute approximate surface area is 114 Å². The van der Waals surface area contributed by atoms with Crippen LogP contribution in [0.3, 0.4) is 0 Å². The van der Waals surface area contributed by atoms with Crippen molar-refractivity contribution in [1.82, 2.24) is 4.98 Å². The van der Waals surface area contributed by atoms with Gasteiger partial charge in [0.25, 0.3) is 0 Å². The summed E-state index contributed by atoms with van der Waals surface area (Å²) in [4.78, 5) is 4.23. The molecule has 1 aromatic rings. The second-order valence-corrected chi connectivity index (χ2v) is 6.11. The van der Waals surface area contributed by atoms with Crippen LogP contribution in [0.1, 0.15) is 32.9 Å². The Morgan fingerprint density at radius 2 is 2.26 bits per heavy atom. The normalized spacial score (nSPS) is 23.1. The van der Waals surface area contributed by atoms with Gasteiger partial charge in [0.05, 0.1) is 6.10 Å². The van der Waals surface area contributed by atoms with Crippen molar-refractivity contribution in [3.05, 3.63) is 23.9 Å². The molecule has 0 bridgehead atoms. The van der Waals surface area contributed by atoms with Gasteiger partial charge in [-0.15, -0.1) is 0 Å². The highest BCUT2D eigenvalue weighted by atomic mass is 16.5. The lowest BCUT2D eigenvalue weighted by molar-refractivity contribution is 0.00956. The number of hydrogen-bond donors (Lipinski definition) is 1. The van der Waals surface area contributed by atoms with E-state index in [0.717, 1.165) is 25.4 Å². The first-order valence-electron chi connectivity index (χ1n) is 6.73. The fraction of sp³-hybridized carbons (Fsp3) is 0.600. The molecule has 4 heteroatoms. The van der Waals surface area contributed by atoms with Crippen LogP contribution in [0.15, 0.2) is 18.2 Å². The highest BCUT2D eigenvalue weighted by molar-refractivity contribution is 5.38. The van der Waals surface area contributed by atoms with E-state index >= 15 is 0 Å². The molecule has 1 aliphatic heterocycles. The van der Waals surface area contributed by atoms with Crippen LogP contribution in [0.2, 0.25) is 0 Å². The molecule has 0 aliphatic carbocycles. The summed E-state index contributed by atoms with van der Waals surface area (Å²) in [6.07, 6.45) is 1.35. The zero-order valence-corrected chi connectivity index (χ0v) is 11.8. The second-order valence-electron chi connectivity index (χ2n) is 6.11. The van der Waals surface area contributed by atoms with E-state index in [-0.39, 0.29) is 11.5 Å². The van der Waals surface area contributed by atoms with Gasteiger partial charge in [-0.1, -0.05) is 26.8 Å². The molecule has 0 amide bonds. The Bertz CT molecular complexity index is 473. The summed E-state index contributed by atoms with van der Waals surface area (Å²) in [5.74, 6) is 1.26. The van der Waals surface area contributed by atoms with Gasteiger partial charge in [-0.05, 0) is 24.0 Å². The molecule has 0 saturated carbocycles. The standard InChI is InChI=1S/C15H21N3O/c1-15(2,3)14-11(7-8-19-14)10-17-13-6-4-5-12(9-16)18-13/h4-6,11,14H,7-8,10H2,1-3H3,(H,17,18). The molecular weight excluding hydrogens is 238 g/mol. The lowest BCUT2D eigenvalue weighted by Crippen LogP contribution is -2.34. The number of anilines is 1. The first-order chi connectivity index (χ1) is 9.00. The van der Waals surface area contributed by atoms with Crippen molar-refractivity contribution in [1.29, 1.82) is 5.26 Å². The molecule has 1 saturated heterocycles. The number of rotatable bonds is 3. The minimum atomic E-state index is 0.158. The lowest BCUT2D eigenvalue weighted by Gasteiger charge is -2.31. The second kappa shape index (κ2) is 5.58. The third-order valence-corrected chi connectivity index (χ3v) is 3.48. The van der Waals surface area contributed by atoms with Crippen LogP contribution in [0.5, 0.6) is 0 Å². The number of aromatic nitrogens is 1. The number of hydrogen-bond acceptors (Lipinski definition) is 4. The third kappa shape index (κ3) is 3.45. The van der Waals surface area contributed by atoms with Gasteiger partial charge < -0.3 is 10.1 Å². The number of pyridine rings is 1. The van der Waals surface area contributed by atoms with Crippen LogP contribution < -0.4 is 5.32 Å². The fourth-order valence-corrected chi connectivity index (χ4v) is 2.63. The topological polar surface area (TPSA) is 57.9 Å². The summed E-state index contributed by atoms with van der Waals surface area (Å²) in [7, 11) is 0. The summed E-state index contributed by atoms with van der Waals surface area (Å²) >= 11 is 0. The number of nitrogens with zero attached hydrogens (tertiary/aromatic N) is 2. The Balaban J connectivity index is 1.96. The zero-order chi connectivity index (χ0) is 13.9. The van der Waals surface area contributed by atoms with Gasteiger partial charge in [0.1, 0.15) is 17.6 Å². The smallest absolute Gasteiger partial charge is 0.142 e. The van der Waals surface area contributed by atoms with E-state index in [4.69, 9.17) is 10.00 Å². The lowest BCUT2D eigenvalue weighted by atomic mass is 9.81. The zero-order valence-electron chi connectivity index (χ0n) is 11.8. The van der Waals surface area contributed by atoms with E-state index in [1.165, 1.54) is 0 Å². The van der Waals surface area contributed by atoms with Crippen molar-refractivity contribution in [2.75, 3.05) is 18.5 Å². The van der Waals surface area contributed by atoms with Crippen LogP contribution in [-0.4, -0.2) is 24.2 Å². The quantitative estimate of drug-likeness (QED) is 0.906. The van der Waals surface area contributed by atoms with Crippen molar-refractivity contribution in [2.45, 2.75) is 33.3 Å².